The summed E-state index contributed by atoms with van der Waals surface area (Å²) >= 11 is 2.09. The molecule has 0 aromatic heterocycles. The van der Waals surface area contributed by atoms with E-state index in [4.69, 9.17) is 9.47 Å². The van der Waals surface area contributed by atoms with Crippen LogP contribution in [0.3, 0.4) is 0 Å². The Morgan fingerprint density at radius 3 is 2.45 bits per heavy atom. The molecule has 0 bridgehead atoms. The van der Waals surface area contributed by atoms with Gasteiger partial charge >= 0.3 is 6.03 Å². The number of ether oxygens (including phenoxy) is 2. The zero-order valence-electron chi connectivity index (χ0n) is 15.2. The van der Waals surface area contributed by atoms with Crippen molar-refractivity contribution in [1.82, 2.24) is 10.6 Å². The average molecular weight is 509 g/mol. The van der Waals surface area contributed by atoms with Crippen molar-refractivity contribution >= 4 is 46.3 Å². The van der Waals surface area contributed by atoms with Gasteiger partial charge in [-0.25, -0.2) is 4.79 Å². The smallest absolute Gasteiger partial charge is 0.326 e. The molecule has 0 saturated carbocycles. The minimum atomic E-state index is -0.566. The highest BCUT2D eigenvalue weighted by molar-refractivity contribution is 14.1. The van der Waals surface area contributed by atoms with Crippen molar-refractivity contribution in [2.45, 2.75) is 13.5 Å². The van der Waals surface area contributed by atoms with E-state index < -0.39 is 16.9 Å². The Morgan fingerprint density at radius 1 is 1.14 bits per heavy atom. The first kappa shape index (κ1) is 20.6. The van der Waals surface area contributed by atoms with Gasteiger partial charge < -0.3 is 14.8 Å². The Labute approximate surface area is 179 Å². The SMILES string of the molecule is CCOc1cc(/C=C2/NC(=O)NC2=O)cc(I)c1OCc1ccc([N+](=O)[O-])cc1. The van der Waals surface area contributed by atoms with Crippen LogP contribution >= 0.6 is 22.6 Å². The Balaban J connectivity index is 1.82. The van der Waals surface area contributed by atoms with Crippen LogP contribution in [-0.4, -0.2) is 23.5 Å². The van der Waals surface area contributed by atoms with E-state index in [2.05, 4.69) is 33.2 Å². The molecule has 0 atom stereocenters. The number of benzene rings is 2. The zero-order chi connectivity index (χ0) is 21.0. The third-order valence-corrected chi connectivity index (χ3v) is 4.69. The molecule has 10 heteroatoms. The summed E-state index contributed by atoms with van der Waals surface area (Å²) in [6.07, 6.45) is 1.55. The number of nitro groups is 1. The van der Waals surface area contributed by atoms with Gasteiger partial charge in [-0.15, -0.1) is 0 Å². The Hall–Kier alpha value is -3.15. The fourth-order valence-electron chi connectivity index (χ4n) is 2.59. The highest BCUT2D eigenvalue weighted by atomic mass is 127. The molecule has 3 rings (SSSR count). The van der Waals surface area contributed by atoms with Gasteiger partial charge in [0.15, 0.2) is 11.5 Å². The summed E-state index contributed by atoms with van der Waals surface area (Å²) in [5, 5.41) is 15.3. The first-order valence-electron chi connectivity index (χ1n) is 8.54. The summed E-state index contributed by atoms with van der Waals surface area (Å²) < 4.78 is 12.3. The van der Waals surface area contributed by atoms with Crippen LogP contribution in [0.4, 0.5) is 10.5 Å². The molecule has 0 unspecified atom stereocenters. The zero-order valence-corrected chi connectivity index (χ0v) is 17.4. The van der Waals surface area contributed by atoms with E-state index in [9.17, 15) is 19.7 Å². The Kier molecular flexibility index (Phi) is 6.32. The number of non-ortho nitro benzene ring substituents is 1. The maximum absolute atomic E-state index is 11.7. The minimum Gasteiger partial charge on any atom is -0.490 e. The van der Waals surface area contributed by atoms with Crippen LogP contribution < -0.4 is 20.1 Å². The summed E-state index contributed by atoms with van der Waals surface area (Å²) in [4.78, 5) is 33.3. The molecular formula is C19H16IN3O6. The molecule has 2 aromatic rings. The molecular weight excluding hydrogens is 493 g/mol. The Bertz CT molecular complexity index is 1000. The molecule has 29 heavy (non-hydrogen) atoms. The van der Waals surface area contributed by atoms with Crippen LogP contribution in [0.1, 0.15) is 18.1 Å². The van der Waals surface area contributed by atoms with E-state index in [1.165, 1.54) is 12.1 Å². The van der Waals surface area contributed by atoms with Crippen LogP contribution in [0.2, 0.25) is 0 Å². The summed E-state index contributed by atoms with van der Waals surface area (Å²) in [5.41, 5.74) is 1.59. The van der Waals surface area contributed by atoms with Gasteiger partial charge in [-0.05, 0) is 71.0 Å². The van der Waals surface area contributed by atoms with Gasteiger partial charge in [-0.2, -0.15) is 0 Å². The normalized spacial score (nSPS) is 14.5. The lowest BCUT2D eigenvalue weighted by molar-refractivity contribution is -0.384. The number of hydrogen-bond donors (Lipinski definition) is 2. The van der Waals surface area contributed by atoms with Crippen LogP contribution in [0.15, 0.2) is 42.1 Å². The molecule has 1 saturated heterocycles. The van der Waals surface area contributed by atoms with Crippen molar-refractivity contribution < 1.29 is 24.0 Å². The van der Waals surface area contributed by atoms with Crippen LogP contribution in [0, 0.1) is 13.7 Å². The lowest BCUT2D eigenvalue weighted by atomic mass is 10.1. The summed E-state index contributed by atoms with van der Waals surface area (Å²) in [6, 6.07) is 9.04. The van der Waals surface area contributed by atoms with E-state index in [1.807, 2.05) is 6.92 Å². The number of imide groups is 1. The van der Waals surface area contributed by atoms with Crippen molar-refractivity contribution in [2.75, 3.05) is 6.61 Å². The lowest BCUT2D eigenvalue weighted by Gasteiger charge is -2.15. The second-order valence-corrected chi connectivity index (χ2v) is 7.10. The van der Waals surface area contributed by atoms with Crippen molar-refractivity contribution in [1.29, 1.82) is 0 Å². The molecule has 0 spiro atoms. The molecule has 0 aliphatic carbocycles. The molecule has 9 nitrogen and oxygen atoms in total. The molecule has 1 aliphatic heterocycles. The van der Waals surface area contributed by atoms with Crippen molar-refractivity contribution in [3.05, 3.63) is 66.9 Å². The predicted octanol–water partition coefficient (Wildman–Crippen LogP) is 3.36. The van der Waals surface area contributed by atoms with E-state index in [0.29, 0.717) is 23.7 Å². The van der Waals surface area contributed by atoms with Crippen molar-refractivity contribution in [3.63, 3.8) is 0 Å². The van der Waals surface area contributed by atoms with Gasteiger partial charge in [-0.1, -0.05) is 0 Å². The van der Waals surface area contributed by atoms with Gasteiger partial charge in [0, 0.05) is 12.1 Å². The summed E-state index contributed by atoms with van der Waals surface area (Å²) in [7, 11) is 0. The highest BCUT2D eigenvalue weighted by Gasteiger charge is 2.23. The monoisotopic (exact) mass is 509 g/mol. The maximum Gasteiger partial charge on any atom is 0.326 e. The van der Waals surface area contributed by atoms with Gasteiger partial charge in [0.25, 0.3) is 11.6 Å². The van der Waals surface area contributed by atoms with Crippen LogP contribution in [-0.2, 0) is 11.4 Å². The standard InChI is InChI=1S/C19H16IN3O6/c1-2-28-16-9-12(8-15-18(24)22-19(25)21-15)7-14(20)17(16)29-10-11-3-5-13(6-4-11)23(26)27/h3-9H,2,10H2,1H3,(H2,21,22,24,25)/b15-8+. The molecule has 3 amide bonds. The predicted molar refractivity (Wildman–Crippen MR) is 112 cm³/mol. The van der Waals surface area contributed by atoms with Crippen LogP contribution in [0.25, 0.3) is 6.08 Å². The number of rotatable bonds is 7. The van der Waals surface area contributed by atoms with Gasteiger partial charge in [-0.3, -0.25) is 20.2 Å². The molecule has 2 N–H and O–H groups in total. The number of urea groups is 1. The summed E-state index contributed by atoms with van der Waals surface area (Å²) in [6.45, 7) is 2.44. The van der Waals surface area contributed by atoms with Gasteiger partial charge in [0.2, 0.25) is 0 Å². The third-order valence-electron chi connectivity index (χ3n) is 3.89. The number of carbonyl (C=O) groups is 2. The number of carbonyl (C=O) groups excluding carboxylic acids is 2. The number of nitrogens with zero attached hydrogens (tertiary/aromatic N) is 1. The van der Waals surface area contributed by atoms with Crippen molar-refractivity contribution in [2.24, 2.45) is 0 Å². The van der Waals surface area contributed by atoms with Crippen molar-refractivity contribution in [3.8, 4) is 11.5 Å². The summed E-state index contributed by atoms with van der Waals surface area (Å²) in [5.74, 6) is 0.507. The second kappa shape index (κ2) is 8.90. The first-order valence-corrected chi connectivity index (χ1v) is 9.61. The van der Waals surface area contributed by atoms with Crippen LogP contribution in [0.5, 0.6) is 11.5 Å². The third kappa shape index (κ3) is 5.02. The molecule has 0 radical (unpaired) electrons. The van der Waals surface area contributed by atoms with Gasteiger partial charge in [0.05, 0.1) is 15.1 Å². The molecule has 150 valence electrons. The fraction of sp³-hybridized carbons (Fsp3) is 0.158. The number of hydrogen-bond acceptors (Lipinski definition) is 6. The number of amides is 3. The molecule has 1 heterocycles. The topological polar surface area (TPSA) is 120 Å². The Morgan fingerprint density at radius 2 is 1.86 bits per heavy atom. The quantitative estimate of drug-likeness (QED) is 0.194. The molecule has 1 fully saturated rings. The maximum atomic E-state index is 11.7. The first-order chi connectivity index (χ1) is 13.9. The van der Waals surface area contributed by atoms with E-state index in [1.54, 1.807) is 30.3 Å². The van der Waals surface area contributed by atoms with E-state index in [0.717, 1.165) is 9.13 Å². The van der Waals surface area contributed by atoms with Gasteiger partial charge in [0.1, 0.15) is 12.3 Å². The average Bonchev–Trinajstić information content (AvgIpc) is 2.98. The molecule has 2 aromatic carbocycles. The largest absolute Gasteiger partial charge is 0.490 e. The van der Waals surface area contributed by atoms with E-state index >= 15 is 0 Å². The molecule has 1 aliphatic rings. The highest BCUT2D eigenvalue weighted by Crippen LogP contribution is 2.35. The number of nitro benzene ring substituents is 1. The fourth-order valence-corrected chi connectivity index (χ4v) is 3.37. The number of halogens is 1. The minimum absolute atomic E-state index is 0.0127. The lowest BCUT2D eigenvalue weighted by Crippen LogP contribution is -2.22. The second-order valence-electron chi connectivity index (χ2n) is 5.94. The number of nitrogens with one attached hydrogen (secondary N) is 2. The van der Waals surface area contributed by atoms with E-state index in [-0.39, 0.29) is 18.0 Å².